The molecule has 1 aromatic carbocycles. The van der Waals surface area contributed by atoms with Gasteiger partial charge in [0.25, 0.3) is 0 Å². The van der Waals surface area contributed by atoms with Crippen LogP contribution < -0.4 is 10.6 Å². The van der Waals surface area contributed by atoms with Crippen molar-refractivity contribution in [2.45, 2.75) is 45.2 Å². The minimum atomic E-state index is -0.508. The van der Waals surface area contributed by atoms with E-state index in [4.69, 9.17) is 4.74 Å². The molecule has 0 unspecified atom stereocenters. The minimum absolute atomic E-state index is 0.289. The molecule has 0 aromatic heterocycles. The van der Waals surface area contributed by atoms with Crippen LogP contribution in [0.2, 0.25) is 0 Å². The van der Waals surface area contributed by atoms with E-state index in [1.807, 2.05) is 31.2 Å². The molecule has 1 fully saturated rings. The molecule has 2 aliphatic heterocycles. The molecular formula is C20H27N3O3. The van der Waals surface area contributed by atoms with E-state index in [0.717, 1.165) is 30.5 Å². The fraction of sp³-hybridized carbons (Fsp3) is 0.500. The van der Waals surface area contributed by atoms with E-state index < -0.39 is 12.0 Å². The number of nitrogens with one attached hydrogen (secondary N) is 2. The number of rotatable bonds is 4. The van der Waals surface area contributed by atoms with Gasteiger partial charge in [0.1, 0.15) is 0 Å². The molecule has 140 valence electrons. The number of nitrogens with zero attached hydrogens (tertiary/aromatic N) is 1. The fourth-order valence-electron chi connectivity index (χ4n) is 3.70. The summed E-state index contributed by atoms with van der Waals surface area (Å²) in [6, 6.07) is 7.47. The summed E-state index contributed by atoms with van der Waals surface area (Å²) in [4.78, 5) is 27.2. The third-order valence-corrected chi connectivity index (χ3v) is 5.27. The first-order chi connectivity index (χ1) is 12.5. The zero-order chi connectivity index (χ0) is 18.7. The van der Waals surface area contributed by atoms with Gasteiger partial charge in [-0.1, -0.05) is 36.2 Å². The second-order valence-electron chi connectivity index (χ2n) is 7.14. The molecule has 6 nitrogen and oxygen atoms in total. The van der Waals surface area contributed by atoms with Gasteiger partial charge in [-0.2, -0.15) is 0 Å². The summed E-state index contributed by atoms with van der Waals surface area (Å²) in [5, 5.41) is 5.72. The van der Waals surface area contributed by atoms with Crippen molar-refractivity contribution < 1.29 is 14.3 Å². The Labute approximate surface area is 154 Å². The maximum atomic E-state index is 12.6. The van der Waals surface area contributed by atoms with E-state index >= 15 is 0 Å². The molecule has 2 atom stereocenters. The third kappa shape index (κ3) is 3.90. The van der Waals surface area contributed by atoms with Gasteiger partial charge in [-0.15, -0.1) is 0 Å². The molecule has 3 rings (SSSR count). The van der Waals surface area contributed by atoms with Crippen LogP contribution in [-0.2, 0) is 9.53 Å². The first-order valence-corrected chi connectivity index (χ1v) is 9.19. The average molecular weight is 357 g/mol. The monoisotopic (exact) mass is 357 g/mol. The summed E-state index contributed by atoms with van der Waals surface area (Å²) in [5.74, 6) is -0.414. The predicted octanol–water partition coefficient (Wildman–Crippen LogP) is 2.65. The molecule has 1 saturated heterocycles. The number of esters is 1. The number of amides is 2. The van der Waals surface area contributed by atoms with Crippen molar-refractivity contribution >= 4 is 12.0 Å². The van der Waals surface area contributed by atoms with Gasteiger partial charge in [-0.3, -0.25) is 4.90 Å². The average Bonchev–Trinajstić information content (AvgIpc) is 2.63. The molecule has 2 amide bonds. The van der Waals surface area contributed by atoms with Gasteiger partial charge in [0.15, 0.2) is 0 Å². The highest BCUT2D eigenvalue weighted by Crippen LogP contribution is 2.29. The lowest BCUT2D eigenvalue weighted by Gasteiger charge is -2.36. The van der Waals surface area contributed by atoms with Gasteiger partial charge in [0, 0.05) is 18.3 Å². The zero-order valence-electron chi connectivity index (χ0n) is 15.7. The molecule has 0 radical (unpaired) electrons. The number of aryl methyl sites for hydroxylation is 1. The smallest absolute Gasteiger partial charge is 0.338 e. The second-order valence-corrected chi connectivity index (χ2v) is 7.14. The Balaban J connectivity index is 1.98. The van der Waals surface area contributed by atoms with E-state index in [9.17, 15) is 9.59 Å². The number of ether oxygens (including phenoxy) is 1. The highest BCUT2D eigenvalue weighted by Gasteiger charge is 2.34. The van der Waals surface area contributed by atoms with Gasteiger partial charge in [-0.25, -0.2) is 9.59 Å². The molecule has 6 heteroatoms. The lowest BCUT2D eigenvalue weighted by molar-refractivity contribution is -0.136. The largest absolute Gasteiger partial charge is 0.466 e. The van der Waals surface area contributed by atoms with Crippen LogP contribution in [-0.4, -0.2) is 43.1 Å². The molecule has 2 heterocycles. The number of hydrogen-bond donors (Lipinski definition) is 2. The number of urea groups is 1. The molecule has 0 saturated carbocycles. The number of likely N-dealkylation sites (tertiary alicyclic amines) is 1. The highest BCUT2D eigenvalue weighted by atomic mass is 16.5. The van der Waals surface area contributed by atoms with Crippen molar-refractivity contribution in [2.24, 2.45) is 0 Å². The van der Waals surface area contributed by atoms with Crippen molar-refractivity contribution in [3.8, 4) is 0 Å². The maximum absolute atomic E-state index is 12.6. The number of carbonyl (C=O) groups is 2. The Hall–Kier alpha value is -2.34. The number of piperidine rings is 1. The van der Waals surface area contributed by atoms with Crippen LogP contribution in [0.25, 0.3) is 0 Å². The summed E-state index contributed by atoms with van der Waals surface area (Å²) in [7, 11) is 1.37. The Morgan fingerprint density at radius 2 is 2.00 bits per heavy atom. The number of hydrogen-bond acceptors (Lipinski definition) is 4. The highest BCUT2D eigenvalue weighted by molar-refractivity contribution is 5.95. The molecule has 2 aliphatic rings. The minimum Gasteiger partial charge on any atom is -0.466 e. The van der Waals surface area contributed by atoms with Crippen LogP contribution >= 0.6 is 0 Å². The number of methoxy groups -OCH3 is 1. The molecular weight excluding hydrogens is 330 g/mol. The van der Waals surface area contributed by atoms with Crippen LogP contribution in [0.3, 0.4) is 0 Å². The lowest BCUT2D eigenvalue weighted by Crippen LogP contribution is -2.50. The molecule has 0 aliphatic carbocycles. The van der Waals surface area contributed by atoms with Crippen LogP contribution in [0.5, 0.6) is 0 Å². The predicted molar refractivity (Wildman–Crippen MR) is 99.5 cm³/mol. The number of carbonyl (C=O) groups excluding carboxylic acids is 2. The van der Waals surface area contributed by atoms with Gasteiger partial charge in [0.05, 0.1) is 18.7 Å². The topological polar surface area (TPSA) is 70.7 Å². The summed E-state index contributed by atoms with van der Waals surface area (Å²) in [6.07, 6.45) is 3.49. The SMILES string of the molecule is COC(=O)C1=C(CN2CCCC[C@H]2C)NC(=O)N[C@@H]1c1ccc(C)cc1. The van der Waals surface area contributed by atoms with Crippen molar-refractivity contribution in [2.75, 3.05) is 20.2 Å². The Kier molecular flexibility index (Phi) is 5.61. The van der Waals surface area contributed by atoms with E-state index in [-0.39, 0.29) is 6.03 Å². The maximum Gasteiger partial charge on any atom is 0.338 e. The molecule has 26 heavy (non-hydrogen) atoms. The van der Waals surface area contributed by atoms with Crippen molar-refractivity contribution in [1.82, 2.24) is 15.5 Å². The quantitative estimate of drug-likeness (QED) is 0.813. The summed E-state index contributed by atoms with van der Waals surface area (Å²) >= 11 is 0. The lowest BCUT2D eigenvalue weighted by atomic mass is 9.93. The van der Waals surface area contributed by atoms with E-state index in [0.29, 0.717) is 23.9 Å². The van der Waals surface area contributed by atoms with Crippen molar-refractivity contribution in [1.29, 1.82) is 0 Å². The standard InChI is InChI=1S/C20H27N3O3/c1-13-7-9-15(10-8-13)18-17(19(24)26-3)16(21-20(25)22-18)12-23-11-5-4-6-14(23)2/h7-10,14,18H,4-6,11-12H2,1-3H3,(H2,21,22,25)/t14-,18-/m1/s1. The normalized spacial score (nSPS) is 24.0. The van der Waals surface area contributed by atoms with Gasteiger partial charge < -0.3 is 15.4 Å². The summed E-state index contributed by atoms with van der Waals surface area (Å²) in [5.41, 5.74) is 3.11. The van der Waals surface area contributed by atoms with Crippen LogP contribution in [0.1, 0.15) is 43.4 Å². The van der Waals surface area contributed by atoms with Crippen molar-refractivity contribution in [3.05, 3.63) is 46.7 Å². The van der Waals surface area contributed by atoms with Crippen LogP contribution in [0.15, 0.2) is 35.5 Å². The van der Waals surface area contributed by atoms with E-state index in [1.165, 1.54) is 13.5 Å². The second kappa shape index (κ2) is 7.91. The molecule has 2 N–H and O–H groups in total. The summed E-state index contributed by atoms with van der Waals surface area (Å²) in [6.45, 7) is 5.71. The molecule has 1 aromatic rings. The fourth-order valence-corrected chi connectivity index (χ4v) is 3.70. The molecule has 0 bridgehead atoms. The first kappa shape index (κ1) is 18.5. The zero-order valence-corrected chi connectivity index (χ0v) is 15.7. The van der Waals surface area contributed by atoms with Crippen molar-refractivity contribution in [3.63, 3.8) is 0 Å². The van der Waals surface area contributed by atoms with Crippen LogP contribution in [0, 0.1) is 6.92 Å². The molecule has 0 spiro atoms. The Morgan fingerprint density at radius 1 is 1.27 bits per heavy atom. The summed E-state index contributed by atoms with van der Waals surface area (Å²) < 4.78 is 5.04. The number of benzene rings is 1. The first-order valence-electron chi connectivity index (χ1n) is 9.19. The van der Waals surface area contributed by atoms with Crippen LogP contribution in [0.4, 0.5) is 4.79 Å². The van der Waals surface area contributed by atoms with E-state index in [1.54, 1.807) is 0 Å². The van der Waals surface area contributed by atoms with Gasteiger partial charge >= 0.3 is 12.0 Å². The van der Waals surface area contributed by atoms with E-state index in [2.05, 4.69) is 22.5 Å². The Morgan fingerprint density at radius 3 is 2.65 bits per heavy atom. The van der Waals surface area contributed by atoms with Gasteiger partial charge in [0.2, 0.25) is 0 Å². The Bertz CT molecular complexity index is 712. The third-order valence-electron chi connectivity index (χ3n) is 5.27. The van der Waals surface area contributed by atoms with Gasteiger partial charge in [-0.05, 0) is 38.8 Å².